The van der Waals surface area contributed by atoms with Crippen molar-refractivity contribution in [2.24, 2.45) is 0 Å². The molecule has 0 unspecified atom stereocenters. The Hall–Kier alpha value is -1.01. The molecule has 1 fully saturated rings. The summed E-state index contributed by atoms with van der Waals surface area (Å²) in [4.78, 5) is 24.1. The molecule has 4 nitrogen and oxygen atoms in total. The average Bonchev–Trinajstić information content (AvgIpc) is 2.99. The third-order valence-electron chi connectivity index (χ3n) is 2.45. The monoisotopic (exact) mass is 271 g/mol. The molecule has 1 aliphatic carbocycles. The summed E-state index contributed by atoms with van der Waals surface area (Å²) in [5, 5.41) is 10.7. The molecular formula is C11H13NO3S2. The van der Waals surface area contributed by atoms with E-state index < -0.39 is 5.97 Å². The van der Waals surface area contributed by atoms with Gasteiger partial charge < -0.3 is 10.0 Å². The third-order valence-corrected chi connectivity index (χ3v) is 4.56. The van der Waals surface area contributed by atoms with Gasteiger partial charge in [0.05, 0.1) is 9.96 Å². The van der Waals surface area contributed by atoms with Gasteiger partial charge in [-0.05, 0) is 24.3 Å². The van der Waals surface area contributed by atoms with Gasteiger partial charge in [0.25, 0.3) is 0 Å². The van der Waals surface area contributed by atoms with E-state index in [2.05, 4.69) is 0 Å². The summed E-state index contributed by atoms with van der Waals surface area (Å²) in [7, 11) is 0. The molecule has 0 aromatic carbocycles. The van der Waals surface area contributed by atoms with Gasteiger partial charge in [0, 0.05) is 6.04 Å². The SMILES string of the molecule is O=C(O)CN(C(=O)CSc1cccs1)C1CC1. The summed E-state index contributed by atoms with van der Waals surface area (Å²) >= 11 is 3.06. The summed E-state index contributed by atoms with van der Waals surface area (Å²) in [6, 6.07) is 4.05. The first kappa shape index (κ1) is 12.4. The standard InChI is InChI=1S/C11H13NO3S2/c13-9(7-17-11-2-1-5-16-11)12(6-10(14)15)8-3-4-8/h1-2,5,8H,3-4,6-7H2,(H,14,15). The smallest absolute Gasteiger partial charge is 0.323 e. The number of carboxylic acids is 1. The van der Waals surface area contributed by atoms with Gasteiger partial charge in [0.1, 0.15) is 6.54 Å². The molecule has 0 bridgehead atoms. The molecule has 0 saturated heterocycles. The van der Waals surface area contributed by atoms with E-state index in [1.54, 1.807) is 11.3 Å². The lowest BCUT2D eigenvalue weighted by atomic mass is 10.4. The Bertz CT molecular complexity index is 401. The van der Waals surface area contributed by atoms with Crippen LogP contribution in [0.15, 0.2) is 21.7 Å². The second kappa shape index (κ2) is 5.55. The lowest BCUT2D eigenvalue weighted by Gasteiger charge is -2.19. The molecular weight excluding hydrogens is 258 g/mol. The minimum absolute atomic E-state index is 0.0756. The summed E-state index contributed by atoms with van der Waals surface area (Å²) in [6.07, 6.45) is 1.87. The second-order valence-corrected chi connectivity index (χ2v) is 6.09. The van der Waals surface area contributed by atoms with Crippen molar-refractivity contribution < 1.29 is 14.7 Å². The lowest BCUT2D eigenvalue weighted by Crippen LogP contribution is -2.38. The van der Waals surface area contributed by atoms with Gasteiger partial charge in [-0.1, -0.05) is 6.07 Å². The minimum Gasteiger partial charge on any atom is -0.480 e. The fourth-order valence-electron chi connectivity index (χ4n) is 1.51. The maximum Gasteiger partial charge on any atom is 0.323 e. The molecule has 1 heterocycles. The van der Waals surface area contributed by atoms with Crippen LogP contribution >= 0.6 is 23.1 Å². The predicted octanol–water partition coefficient (Wildman–Crippen LogP) is 1.92. The van der Waals surface area contributed by atoms with Crippen LogP contribution in [0.5, 0.6) is 0 Å². The summed E-state index contributed by atoms with van der Waals surface area (Å²) < 4.78 is 1.09. The van der Waals surface area contributed by atoms with E-state index in [0.29, 0.717) is 5.75 Å². The molecule has 1 aliphatic rings. The first-order chi connectivity index (χ1) is 8.16. The van der Waals surface area contributed by atoms with E-state index in [4.69, 9.17) is 5.11 Å². The van der Waals surface area contributed by atoms with E-state index in [1.807, 2.05) is 17.5 Å². The molecule has 17 heavy (non-hydrogen) atoms. The topological polar surface area (TPSA) is 57.6 Å². The van der Waals surface area contributed by atoms with Gasteiger partial charge in [-0.3, -0.25) is 9.59 Å². The van der Waals surface area contributed by atoms with Crippen LogP contribution in [0.2, 0.25) is 0 Å². The maximum atomic E-state index is 11.9. The van der Waals surface area contributed by atoms with E-state index >= 15 is 0 Å². The molecule has 1 N–H and O–H groups in total. The first-order valence-electron chi connectivity index (χ1n) is 5.34. The lowest BCUT2D eigenvalue weighted by molar-refractivity contribution is -0.143. The molecule has 2 rings (SSSR count). The highest BCUT2D eigenvalue weighted by molar-refractivity contribution is 8.01. The van der Waals surface area contributed by atoms with Crippen LogP contribution in [0, 0.1) is 0 Å². The molecule has 1 aromatic rings. The van der Waals surface area contributed by atoms with Crippen molar-refractivity contribution in [3.05, 3.63) is 17.5 Å². The van der Waals surface area contributed by atoms with Crippen LogP contribution in [0.3, 0.4) is 0 Å². The fourth-order valence-corrected chi connectivity index (χ4v) is 3.18. The summed E-state index contributed by atoms with van der Waals surface area (Å²) in [5.41, 5.74) is 0. The third kappa shape index (κ3) is 3.74. The minimum atomic E-state index is -0.939. The Morgan fingerprint density at radius 3 is 2.82 bits per heavy atom. The van der Waals surface area contributed by atoms with Crippen molar-refractivity contribution in [2.75, 3.05) is 12.3 Å². The van der Waals surface area contributed by atoms with Crippen molar-refractivity contribution in [1.82, 2.24) is 4.90 Å². The number of carbonyl (C=O) groups is 2. The van der Waals surface area contributed by atoms with Crippen molar-refractivity contribution in [1.29, 1.82) is 0 Å². The van der Waals surface area contributed by atoms with E-state index in [-0.39, 0.29) is 18.5 Å². The van der Waals surface area contributed by atoms with Gasteiger partial charge in [0.15, 0.2) is 0 Å². The predicted molar refractivity (Wildman–Crippen MR) is 67.4 cm³/mol. The number of hydrogen-bond acceptors (Lipinski definition) is 4. The van der Waals surface area contributed by atoms with Crippen molar-refractivity contribution in [3.8, 4) is 0 Å². The van der Waals surface area contributed by atoms with Crippen LogP contribution in [0.4, 0.5) is 0 Å². The summed E-state index contributed by atoms with van der Waals surface area (Å²) in [6.45, 7) is -0.172. The normalized spacial score (nSPS) is 14.6. The van der Waals surface area contributed by atoms with Crippen LogP contribution < -0.4 is 0 Å². The van der Waals surface area contributed by atoms with Gasteiger partial charge in [-0.2, -0.15) is 0 Å². The zero-order valence-electron chi connectivity index (χ0n) is 9.17. The largest absolute Gasteiger partial charge is 0.480 e. The number of carboxylic acid groups (broad SMARTS) is 1. The summed E-state index contributed by atoms with van der Waals surface area (Å²) in [5.74, 6) is -0.690. The fraction of sp³-hybridized carbons (Fsp3) is 0.455. The van der Waals surface area contributed by atoms with Crippen molar-refractivity contribution >= 4 is 35.0 Å². The number of thioether (sulfide) groups is 1. The molecule has 0 aliphatic heterocycles. The quantitative estimate of drug-likeness (QED) is 0.803. The van der Waals surface area contributed by atoms with Crippen molar-refractivity contribution in [3.63, 3.8) is 0 Å². The number of hydrogen-bond donors (Lipinski definition) is 1. The Kier molecular flexibility index (Phi) is 4.06. The molecule has 1 amide bonds. The number of thiophene rings is 1. The van der Waals surface area contributed by atoms with Crippen LogP contribution in [0.1, 0.15) is 12.8 Å². The zero-order valence-corrected chi connectivity index (χ0v) is 10.8. The van der Waals surface area contributed by atoms with Crippen LogP contribution in [0.25, 0.3) is 0 Å². The zero-order chi connectivity index (χ0) is 12.3. The highest BCUT2D eigenvalue weighted by Crippen LogP contribution is 2.29. The Labute approximate surface area is 108 Å². The number of carbonyl (C=O) groups excluding carboxylic acids is 1. The Balaban J connectivity index is 1.85. The Morgan fingerprint density at radius 1 is 1.53 bits per heavy atom. The van der Waals surface area contributed by atoms with E-state index in [0.717, 1.165) is 17.1 Å². The van der Waals surface area contributed by atoms with Gasteiger partial charge in [-0.25, -0.2) is 0 Å². The van der Waals surface area contributed by atoms with Gasteiger partial charge in [0.2, 0.25) is 5.91 Å². The van der Waals surface area contributed by atoms with Gasteiger partial charge in [-0.15, -0.1) is 23.1 Å². The highest BCUT2D eigenvalue weighted by atomic mass is 32.2. The van der Waals surface area contributed by atoms with E-state index in [9.17, 15) is 9.59 Å². The molecule has 1 saturated carbocycles. The number of amides is 1. The molecule has 1 aromatic heterocycles. The first-order valence-corrected chi connectivity index (χ1v) is 7.21. The van der Waals surface area contributed by atoms with Crippen LogP contribution in [-0.2, 0) is 9.59 Å². The Morgan fingerprint density at radius 2 is 2.29 bits per heavy atom. The number of nitrogens with zero attached hydrogens (tertiary/aromatic N) is 1. The molecule has 0 spiro atoms. The molecule has 92 valence electrons. The second-order valence-electron chi connectivity index (χ2n) is 3.87. The maximum absolute atomic E-state index is 11.9. The van der Waals surface area contributed by atoms with Gasteiger partial charge >= 0.3 is 5.97 Å². The number of rotatable bonds is 6. The molecule has 0 atom stereocenters. The number of aliphatic carboxylic acids is 1. The van der Waals surface area contributed by atoms with Crippen LogP contribution in [-0.4, -0.2) is 40.2 Å². The average molecular weight is 271 g/mol. The van der Waals surface area contributed by atoms with E-state index in [1.165, 1.54) is 16.7 Å². The molecule has 6 heteroatoms. The van der Waals surface area contributed by atoms with Crippen molar-refractivity contribution in [2.45, 2.75) is 23.1 Å². The highest BCUT2D eigenvalue weighted by Gasteiger charge is 2.33. The molecule has 0 radical (unpaired) electrons.